The van der Waals surface area contributed by atoms with E-state index in [1.807, 2.05) is 24.3 Å². The maximum absolute atomic E-state index is 13.0. The zero-order valence-corrected chi connectivity index (χ0v) is 15.9. The van der Waals surface area contributed by atoms with Crippen molar-refractivity contribution < 1.29 is 4.39 Å². The molecule has 28 heavy (non-hydrogen) atoms. The molecule has 4 rings (SSSR count). The molecular formula is C20H12ClFN4OS. The summed E-state index contributed by atoms with van der Waals surface area (Å²) in [5.41, 5.74) is 1.31. The van der Waals surface area contributed by atoms with Gasteiger partial charge in [-0.2, -0.15) is 10.4 Å². The lowest BCUT2D eigenvalue weighted by Gasteiger charge is -2.11. The van der Waals surface area contributed by atoms with Crippen LogP contribution in [0.15, 0.2) is 59.5 Å². The molecule has 138 valence electrons. The molecule has 0 N–H and O–H groups in total. The van der Waals surface area contributed by atoms with E-state index >= 15 is 0 Å². The standard InChI is InChI=1S/C20H12ClFN4OS/c21-18-15(14(9-23)19-25-16-3-1-2-4-17(16)28-19)10-24-26(20(18)27)11-12-5-7-13(22)8-6-12/h1-8,10,14H,11H2/t14-/m0/s1. The minimum atomic E-state index is -0.787. The Labute approximate surface area is 168 Å². The molecule has 0 fully saturated rings. The minimum Gasteiger partial charge on any atom is -0.266 e. The van der Waals surface area contributed by atoms with Crippen LogP contribution in [-0.4, -0.2) is 14.8 Å². The maximum atomic E-state index is 13.0. The highest BCUT2D eigenvalue weighted by atomic mass is 35.5. The summed E-state index contributed by atoms with van der Waals surface area (Å²) in [6.45, 7) is 0.150. The lowest BCUT2D eigenvalue weighted by atomic mass is 10.0. The zero-order chi connectivity index (χ0) is 19.7. The Morgan fingerprint density at radius 3 is 2.68 bits per heavy atom. The van der Waals surface area contributed by atoms with Crippen molar-refractivity contribution in [3.8, 4) is 6.07 Å². The molecule has 2 aromatic carbocycles. The summed E-state index contributed by atoms with van der Waals surface area (Å²) in [6.07, 6.45) is 1.42. The molecule has 2 aromatic heterocycles. The Morgan fingerprint density at radius 1 is 1.21 bits per heavy atom. The minimum absolute atomic E-state index is 0.0667. The molecule has 0 aliphatic rings. The van der Waals surface area contributed by atoms with Crippen molar-refractivity contribution in [1.29, 1.82) is 5.26 Å². The number of hydrogen-bond acceptors (Lipinski definition) is 5. The Morgan fingerprint density at radius 2 is 1.96 bits per heavy atom. The average molecular weight is 411 g/mol. The van der Waals surface area contributed by atoms with E-state index in [9.17, 15) is 14.4 Å². The van der Waals surface area contributed by atoms with Gasteiger partial charge >= 0.3 is 0 Å². The fraction of sp³-hybridized carbons (Fsp3) is 0.100. The van der Waals surface area contributed by atoms with Gasteiger partial charge in [-0.25, -0.2) is 14.1 Å². The van der Waals surface area contributed by atoms with E-state index in [0.29, 0.717) is 16.1 Å². The zero-order valence-electron chi connectivity index (χ0n) is 14.3. The van der Waals surface area contributed by atoms with Crippen LogP contribution in [0.1, 0.15) is 22.1 Å². The van der Waals surface area contributed by atoms with Gasteiger partial charge in [0.05, 0.1) is 29.0 Å². The van der Waals surface area contributed by atoms with Crippen LogP contribution in [0.5, 0.6) is 0 Å². The molecule has 0 spiro atoms. The molecule has 0 saturated heterocycles. The quantitative estimate of drug-likeness (QED) is 0.501. The van der Waals surface area contributed by atoms with E-state index in [0.717, 1.165) is 10.2 Å². The van der Waals surface area contributed by atoms with Gasteiger partial charge < -0.3 is 0 Å². The average Bonchev–Trinajstić information content (AvgIpc) is 3.13. The number of aromatic nitrogens is 3. The summed E-state index contributed by atoms with van der Waals surface area (Å²) in [7, 11) is 0. The van der Waals surface area contributed by atoms with E-state index in [2.05, 4.69) is 16.2 Å². The van der Waals surface area contributed by atoms with Crippen molar-refractivity contribution >= 4 is 33.2 Å². The lowest BCUT2D eigenvalue weighted by Crippen LogP contribution is -2.25. The summed E-state index contributed by atoms with van der Waals surface area (Å²) in [6, 6.07) is 15.5. The Bertz CT molecular complexity index is 1230. The molecular weight excluding hydrogens is 399 g/mol. The predicted molar refractivity (Wildman–Crippen MR) is 106 cm³/mol. The first-order valence-corrected chi connectivity index (χ1v) is 9.51. The van der Waals surface area contributed by atoms with Crippen molar-refractivity contribution in [2.45, 2.75) is 12.5 Å². The van der Waals surface area contributed by atoms with E-state index in [1.165, 1.54) is 34.3 Å². The van der Waals surface area contributed by atoms with E-state index in [4.69, 9.17) is 11.6 Å². The molecule has 0 aliphatic carbocycles. The second-order valence-corrected chi connectivity index (χ2v) is 7.53. The first-order valence-electron chi connectivity index (χ1n) is 8.32. The summed E-state index contributed by atoms with van der Waals surface area (Å²) in [5.74, 6) is -1.14. The number of fused-ring (bicyclic) bond motifs is 1. The van der Waals surface area contributed by atoms with E-state index in [-0.39, 0.29) is 17.4 Å². The van der Waals surface area contributed by atoms with Gasteiger partial charge in [0.2, 0.25) is 0 Å². The third kappa shape index (κ3) is 3.40. The highest BCUT2D eigenvalue weighted by Gasteiger charge is 2.23. The number of para-hydroxylation sites is 1. The van der Waals surface area contributed by atoms with Gasteiger partial charge in [-0.05, 0) is 29.8 Å². The second-order valence-electron chi connectivity index (χ2n) is 6.09. The van der Waals surface area contributed by atoms with Gasteiger partial charge in [-0.3, -0.25) is 4.79 Å². The summed E-state index contributed by atoms with van der Waals surface area (Å²) >= 11 is 7.69. The smallest absolute Gasteiger partial charge is 0.266 e. The second kappa shape index (κ2) is 7.50. The molecule has 8 heteroatoms. The third-order valence-electron chi connectivity index (χ3n) is 4.25. The Kier molecular flexibility index (Phi) is 4.90. The Balaban J connectivity index is 1.71. The van der Waals surface area contributed by atoms with Gasteiger partial charge in [0.25, 0.3) is 5.56 Å². The van der Waals surface area contributed by atoms with Gasteiger partial charge in [-0.1, -0.05) is 35.9 Å². The number of benzene rings is 2. The highest BCUT2D eigenvalue weighted by molar-refractivity contribution is 7.18. The first-order chi connectivity index (χ1) is 13.6. The molecule has 2 heterocycles. The van der Waals surface area contributed by atoms with Crippen LogP contribution in [0, 0.1) is 17.1 Å². The fourth-order valence-electron chi connectivity index (χ4n) is 2.83. The first kappa shape index (κ1) is 18.3. The third-order valence-corrected chi connectivity index (χ3v) is 5.74. The van der Waals surface area contributed by atoms with E-state index in [1.54, 1.807) is 12.1 Å². The lowest BCUT2D eigenvalue weighted by molar-refractivity contribution is 0.617. The molecule has 0 amide bonds. The molecule has 1 atom stereocenters. The van der Waals surface area contributed by atoms with Crippen LogP contribution in [0.4, 0.5) is 4.39 Å². The summed E-state index contributed by atoms with van der Waals surface area (Å²) < 4.78 is 15.2. The number of nitriles is 1. The molecule has 0 bridgehead atoms. The highest BCUT2D eigenvalue weighted by Crippen LogP contribution is 2.33. The Hall–Kier alpha value is -3.08. The van der Waals surface area contributed by atoms with Crippen LogP contribution in [0.25, 0.3) is 10.2 Å². The van der Waals surface area contributed by atoms with Crippen molar-refractivity contribution in [2.75, 3.05) is 0 Å². The number of nitrogens with zero attached hydrogens (tertiary/aromatic N) is 4. The van der Waals surface area contributed by atoms with Gasteiger partial charge in [0.15, 0.2) is 0 Å². The molecule has 0 radical (unpaired) electrons. The van der Waals surface area contributed by atoms with Crippen LogP contribution < -0.4 is 5.56 Å². The van der Waals surface area contributed by atoms with Gasteiger partial charge in [0.1, 0.15) is 21.8 Å². The monoisotopic (exact) mass is 410 g/mol. The number of halogens is 2. The van der Waals surface area contributed by atoms with Gasteiger partial charge in [-0.15, -0.1) is 11.3 Å². The van der Waals surface area contributed by atoms with Crippen molar-refractivity contribution in [2.24, 2.45) is 0 Å². The summed E-state index contributed by atoms with van der Waals surface area (Å²) in [5, 5.41) is 14.3. The molecule has 0 unspecified atom stereocenters. The van der Waals surface area contributed by atoms with Crippen LogP contribution in [0.2, 0.25) is 5.02 Å². The fourth-order valence-corrected chi connectivity index (χ4v) is 4.11. The topological polar surface area (TPSA) is 71.6 Å². The normalized spacial score (nSPS) is 12.0. The van der Waals surface area contributed by atoms with E-state index < -0.39 is 11.5 Å². The largest absolute Gasteiger partial charge is 0.286 e. The molecule has 4 aromatic rings. The van der Waals surface area contributed by atoms with Crippen molar-refractivity contribution in [3.63, 3.8) is 0 Å². The molecule has 0 aliphatic heterocycles. The SMILES string of the molecule is N#C[C@H](c1nc2ccccc2s1)c1cnn(Cc2ccc(F)cc2)c(=O)c1Cl. The van der Waals surface area contributed by atoms with Crippen molar-refractivity contribution in [3.05, 3.63) is 92.1 Å². The predicted octanol–water partition coefficient (Wildman–Crippen LogP) is 4.35. The van der Waals surface area contributed by atoms with Crippen LogP contribution >= 0.6 is 22.9 Å². The number of rotatable bonds is 4. The number of thiazole rings is 1. The maximum Gasteiger partial charge on any atom is 0.286 e. The number of hydrogen-bond donors (Lipinski definition) is 0. The molecule has 0 saturated carbocycles. The van der Waals surface area contributed by atoms with Crippen LogP contribution in [0.3, 0.4) is 0 Å². The van der Waals surface area contributed by atoms with Crippen LogP contribution in [-0.2, 0) is 6.54 Å². The molecule has 5 nitrogen and oxygen atoms in total. The van der Waals surface area contributed by atoms with Crippen molar-refractivity contribution in [1.82, 2.24) is 14.8 Å². The summed E-state index contributed by atoms with van der Waals surface area (Å²) in [4.78, 5) is 17.1. The van der Waals surface area contributed by atoms with Gasteiger partial charge in [0, 0.05) is 5.56 Å².